The van der Waals surface area contributed by atoms with Crippen LogP contribution in [0, 0.1) is 0 Å². The van der Waals surface area contributed by atoms with Crippen LogP contribution in [-0.4, -0.2) is 30.1 Å². The van der Waals surface area contributed by atoms with E-state index >= 15 is 0 Å². The van der Waals surface area contributed by atoms with Crippen molar-refractivity contribution in [3.8, 4) is 0 Å². The Morgan fingerprint density at radius 3 is 2.57 bits per heavy atom. The smallest absolute Gasteiger partial charge is 0.0252 e. The van der Waals surface area contributed by atoms with Gasteiger partial charge in [-0.15, -0.1) is 0 Å². The minimum Gasteiger partial charge on any atom is -0.312 e. The van der Waals surface area contributed by atoms with Gasteiger partial charge in [0.25, 0.3) is 0 Å². The van der Waals surface area contributed by atoms with E-state index in [0.717, 1.165) is 18.6 Å². The van der Waals surface area contributed by atoms with Gasteiger partial charge in [-0.3, -0.25) is 4.90 Å². The third kappa shape index (κ3) is 3.67. The van der Waals surface area contributed by atoms with E-state index < -0.39 is 0 Å². The first-order chi connectivity index (χ1) is 10.2. The Morgan fingerprint density at radius 1 is 1.10 bits per heavy atom. The molecule has 0 aliphatic carbocycles. The van der Waals surface area contributed by atoms with Gasteiger partial charge in [-0.05, 0) is 55.8 Å². The fourth-order valence-corrected chi connectivity index (χ4v) is 3.95. The van der Waals surface area contributed by atoms with E-state index in [1.165, 1.54) is 56.3 Å². The summed E-state index contributed by atoms with van der Waals surface area (Å²) in [5.41, 5.74) is 2.93. The number of piperidine rings is 1. The van der Waals surface area contributed by atoms with E-state index in [1.807, 2.05) is 0 Å². The van der Waals surface area contributed by atoms with Crippen molar-refractivity contribution in [3.63, 3.8) is 0 Å². The standard InChI is InChI=1S/C19H30N2/c1-15(2)17-10-8-16(9-11-17)14-21-13-4-3-7-19(21)18-6-5-12-20-18/h8-11,15,18-20H,3-7,12-14H2,1-2H3. The molecule has 0 spiro atoms. The summed E-state index contributed by atoms with van der Waals surface area (Å²) in [5.74, 6) is 0.629. The molecule has 1 aromatic carbocycles. The molecule has 2 nitrogen and oxygen atoms in total. The van der Waals surface area contributed by atoms with Gasteiger partial charge < -0.3 is 5.32 Å². The molecular formula is C19H30N2. The molecule has 2 fully saturated rings. The normalized spacial score (nSPS) is 27.4. The average molecular weight is 286 g/mol. The van der Waals surface area contributed by atoms with Crippen molar-refractivity contribution in [2.24, 2.45) is 0 Å². The highest BCUT2D eigenvalue weighted by Gasteiger charge is 2.31. The van der Waals surface area contributed by atoms with Gasteiger partial charge in [-0.25, -0.2) is 0 Å². The van der Waals surface area contributed by atoms with E-state index in [9.17, 15) is 0 Å². The van der Waals surface area contributed by atoms with Gasteiger partial charge in [0.2, 0.25) is 0 Å². The minimum atomic E-state index is 0.629. The molecule has 2 unspecified atom stereocenters. The van der Waals surface area contributed by atoms with Crippen molar-refractivity contribution in [1.29, 1.82) is 0 Å². The number of hydrogen-bond acceptors (Lipinski definition) is 2. The van der Waals surface area contributed by atoms with E-state index in [4.69, 9.17) is 0 Å². The lowest BCUT2D eigenvalue weighted by Gasteiger charge is -2.39. The second kappa shape index (κ2) is 6.93. The maximum atomic E-state index is 3.72. The third-order valence-electron chi connectivity index (χ3n) is 5.26. The molecule has 2 atom stereocenters. The lowest BCUT2D eigenvalue weighted by Crippen LogP contribution is -2.49. The van der Waals surface area contributed by atoms with Crippen molar-refractivity contribution in [2.45, 2.75) is 70.5 Å². The molecule has 116 valence electrons. The Balaban J connectivity index is 1.66. The summed E-state index contributed by atoms with van der Waals surface area (Å²) in [7, 11) is 0. The summed E-state index contributed by atoms with van der Waals surface area (Å²) in [5, 5.41) is 3.72. The average Bonchev–Trinajstić information content (AvgIpc) is 3.02. The highest BCUT2D eigenvalue weighted by molar-refractivity contribution is 5.24. The summed E-state index contributed by atoms with van der Waals surface area (Å²) in [4.78, 5) is 2.73. The molecule has 0 radical (unpaired) electrons. The summed E-state index contributed by atoms with van der Waals surface area (Å²) >= 11 is 0. The number of nitrogens with one attached hydrogen (secondary N) is 1. The molecule has 2 aliphatic rings. The number of nitrogens with zero attached hydrogens (tertiary/aromatic N) is 1. The third-order valence-corrected chi connectivity index (χ3v) is 5.26. The highest BCUT2D eigenvalue weighted by atomic mass is 15.2. The Morgan fingerprint density at radius 2 is 1.90 bits per heavy atom. The second-order valence-electron chi connectivity index (χ2n) is 7.13. The van der Waals surface area contributed by atoms with Gasteiger partial charge in [0.1, 0.15) is 0 Å². The molecule has 3 rings (SSSR count). The molecule has 0 saturated carbocycles. The van der Waals surface area contributed by atoms with Crippen LogP contribution < -0.4 is 5.32 Å². The quantitative estimate of drug-likeness (QED) is 0.902. The first-order valence-corrected chi connectivity index (χ1v) is 8.80. The van der Waals surface area contributed by atoms with Gasteiger partial charge in [-0.1, -0.05) is 44.5 Å². The van der Waals surface area contributed by atoms with Crippen molar-refractivity contribution in [3.05, 3.63) is 35.4 Å². The van der Waals surface area contributed by atoms with Gasteiger partial charge in [-0.2, -0.15) is 0 Å². The first kappa shape index (κ1) is 15.1. The minimum absolute atomic E-state index is 0.629. The molecule has 21 heavy (non-hydrogen) atoms. The van der Waals surface area contributed by atoms with Crippen LogP contribution in [0.25, 0.3) is 0 Å². The predicted molar refractivity (Wildman–Crippen MR) is 89.6 cm³/mol. The monoisotopic (exact) mass is 286 g/mol. The number of likely N-dealkylation sites (tertiary alicyclic amines) is 1. The largest absolute Gasteiger partial charge is 0.312 e. The highest BCUT2D eigenvalue weighted by Crippen LogP contribution is 2.26. The summed E-state index contributed by atoms with van der Waals surface area (Å²) in [6.45, 7) is 8.15. The van der Waals surface area contributed by atoms with Crippen molar-refractivity contribution in [2.75, 3.05) is 13.1 Å². The van der Waals surface area contributed by atoms with Crippen LogP contribution in [0.15, 0.2) is 24.3 Å². The van der Waals surface area contributed by atoms with Crippen LogP contribution in [0.4, 0.5) is 0 Å². The first-order valence-electron chi connectivity index (χ1n) is 8.80. The second-order valence-corrected chi connectivity index (χ2v) is 7.13. The Hall–Kier alpha value is -0.860. The zero-order valence-corrected chi connectivity index (χ0v) is 13.6. The molecule has 0 bridgehead atoms. The van der Waals surface area contributed by atoms with E-state index in [1.54, 1.807) is 0 Å². The van der Waals surface area contributed by atoms with Crippen LogP contribution in [0.1, 0.15) is 63.0 Å². The molecule has 2 heteroatoms. The molecule has 2 aliphatic heterocycles. The van der Waals surface area contributed by atoms with E-state index in [-0.39, 0.29) is 0 Å². The SMILES string of the molecule is CC(C)c1ccc(CN2CCCCC2C2CCCN2)cc1. The van der Waals surface area contributed by atoms with Crippen LogP contribution in [0.3, 0.4) is 0 Å². The van der Waals surface area contributed by atoms with Gasteiger partial charge in [0, 0.05) is 18.6 Å². The van der Waals surface area contributed by atoms with Crippen molar-refractivity contribution < 1.29 is 0 Å². The zero-order valence-electron chi connectivity index (χ0n) is 13.6. The predicted octanol–water partition coefficient (Wildman–Crippen LogP) is 3.92. The molecule has 2 saturated heterocycles. The van der Waals surface area contributed by atoms with Crippen LogP contribution >= 0.6 is 0 Å². The number of rotatable bonds is 4. The summed E-state index contributed by atoms with van der Waals surface area (Å²) in [6, 6.07) is 10.8. The maximum absolute atomic E-state index is 3.72. The molecule has 1 N–H and O–H groups in total. The summed E-state index contributed by atoms with van der Waals surface area (Å²) < 4.78 is 0. The van der Waals surface area contributed by atoms with Crippen LogP contribution in [0.5, 0.6) is 0 Å². The van der Waals surface area contributed by atoms with Crippen LogP contribution in [-0.2, 0) is 6.54 Å². The number of hydrogen-bond donors (Lipinski definition) is 1. The van der Waals surface area contributed by atoms with Crippen molar-refractivity contribution in [1.82, 2.24) is 10.2 Å². The zero-order chi connectivity index (χ0) is 14.7. The lowest BCUT2D eigenvalue weighted by molar-refractivity contribution is 0.112. The molecule has 1 aromatic rings. The topological polar surface area (TPSA) is 15.3 Å². The number of benzene rings is 1. The fourth-order valence-electron chi connectivity index (χ4n) is 3.95. The molecule has 0 aromatic heterocycles. The molecule has 2 heterocycles. The van der Waals surface area contributed by atoms with Gasteiger partial charge in [0.05, 0.1) is 0 Å². The molecular weight excluding hydrogens is 256 g/mol. The van der Waals surface area contributed by atoms with Crippen molar-refractivity contribution >= 4 is 0 Å². The van der Waals surface area contributed by atoms with Crippen LogP contribution in [0.2, 0.25) is 0 Å². The Labute approximate surface area is 129 Å². The van der Waals surface area contributed by atoms with Gasteiger partial charge >= 0.3 is 0 Å². The fraction of sp³-hybridized carbons (Fsp3) is 0.684. The maximum Gasteiger partial charge on any atom is 0.0252 e. The van der Waals surface area contributed by atoms with E-state index in [0.29, 0.717) is 5.92 Å². The summed E-state index contributed by atoms with van der Waals surface area (Å²) in [6.07, 6.45) is 6.88. The van der Waals surface area contributed by atoms with E-state index in [2.05, 4.69) is 48.3 Å². The lowest BCUT2D eigenvalue weighted by atomic mass is 9.93. The Kier molecular flexibility index (Phi) is 4.97. The molecule has 0 amide bonds. The van der Waals surface area contributed by atoms with Gasteiger partial charge in [0.15, 0.2) is 0 Å². The Bertz CT molecular complexity index is 431.